The highest BCUT2D eigenvalue weighted by Crippen LogP contribution is 1.93. The van der Waals surface area contributed by atoms with Gasteiger partial charge in [-0.3, -0.25) is 0 Å². The molecule has 5 heteroatoms. The second-order valence-electron chi connectivity index (χ2n) is 2.88. The highest BCUT2D eigenvalue weighted by atomic mass is 28.2. The number of hydrogen-bond donors (Lipinski definition) is 0. The van der Waals surface area contributed by atoms with Crippen LogP contribution in [0.2, 0.25) is 0 Å². The van der Waals surface area contributed by atoms with Crippen molar-refractivity contribution in [3.05, 3.63) is 12.2 Å². The standard InChI is InChI=1S/C8H14O4Si/c1-6(2)5-11-7(9)3-4-8(10)12-13/h3-4,6H,5H2,1-2,13H3/b4-3+. The van der Waals surface area contributed by atoms with E-state index < -0.39 is 11.9 Å². The minimum atomic E-state index is -0.513. The van der Waals surface area contributed by atoms with E-state index in [4.69, 9.17) is 4.74 Å². The van der Waals surface area contributed by atoms with Gasteiger partial charge in [-0.05, 0) is 5.92 Å². The molecule has 0 unspecified atom stereocenters. The van der Waals surface area contributed by atoms with Gasteiger partial charge in [0.1, 0.15) is 0 Å². The van der Waals surface area contributed by atoms with E-state index >= 15 is 0 Å². The summed E-state index contributed by atoms with van der Waals surface area (Å²) in [6.07, 6.45) is 2.14. The van der Waals surface area contributed by atoms with Crippen molar-refractivity contribution < 1.29 is 18.8 Å². The van der Waals surface area contributed by atoms with Crippen molar-refractivity contribution in [1.29, 1.82) is 0 Å². The predicted molar refractivity (Wildman–Crippen MR) is 51.0 cm³/mol. The van der Waals surface area contributed by atoms with Crippen molar-refractivity contribution in [1.82, 2.24) is 0 Å². The largest absolute Gasteiger partial charge is 0.526 e. The number of carbonyl (C=O) groups is 2. The molecule has 0 radical (unpaired) electrons. The third-order valence-electron chi connectivity index (χ3n) is 1.12. The first-order valence-electron chi connectivity index (χ1n) is 3.99. The molecule has 0 fully saturated rings. The lowest BCUT2D eigenvalue weighted by Crippen LogP contribution is -2.08. The summed E-state index contributed by atoms with van der Waals surface area (Å²) in [7, 11) is 0.330. The van der Waals surface area contributed by atoms with Gasteiger partial charge >= 0.3 is 11.9 Å². The molecule has 0 amide bonds. The lowest BCUT2D eigenvalue weighted by Gasteiger charge is -2.03. The van der Waals surface area contributed by atoms with Gasteiger partial charge in [-0.2, -0.15) is 0 Å². The van der Waals surface area contributed by atoms with E-state index in [-0.39, 0.29) is 0 Å². The molecule has 0 bridgehead atoms. The van der Waals surface area contributed by atoms with Crippen LogP contribution in [0.3, 0.4) is 0 Å². The molecule has 0 aromatic heterocycles. The molecule has 0 atom stereocenters. The Labute approximate surface area is 80.4 Å². The maximum Gasteiger partial charge on any atom is 0.331 e. The predicted octanol–water partition coefficient (Wildman–Crippen LogP) is -0.435. The fraction of sp³-hybridized carbons (Fsp3) is 0.500. The summed E-state index contributed by atoms with van der Waals surface area (Å²) in [5.41, 5.74) is 0. The molecule has 0 saturated carbocycles. The van der Waals surface area contributed by atoms with Crippen LogP contribution in [0.15, 0.2) is 12.2 Å². The second kappa shape index (κ2) is 6.42. The average Bonchev–Trinajstić information content (AvgIpc) is 2.10. The topological polar surface area (TPSA) is 52.6 Å². The average molecular weight is 202 g/mol. The van der Waals surface area contributed by atoms with Crippen LogP contribution < -0.4 is 0 Å². The highest BCUT2D eigenvalue weighted by molar-refractivity contribution is 6.08. The Hall–Kier alpha value is -1.10. The van der Waals surface area contributed by atoms with Gasteiger partial charge in [-0.25, -0.2) is 9.59 Å². The van der Waals surface area contributed by atoms with Gasteiger partial charge in [0.05, 0.1) is 6.61 Å². The smallest absolute Gasteiger partial charge is 0.331 e. The molecule has 0 aliphatic rings. The maximum atomic E-state index is 10.9. The second-order valence-corrected chi connectivity index (χ2v) is 3.29. The molecule has 0 saturated heterocycles. The number of hydrogen-bond acceptors (Lipinski definition) is 4. The van der Waals surface area contributed by atoms with Crippen LogP contribution in [0.1, 0.15) is 13.8 Å². The first-order chi connectivity index (χ1) is 6.06. The maximum absolute atomic E-state index is 10.9. The van der Waals surface area contributed by atoms with Gasteiger partial charge in [-0.1, -0.05) is 13.8 Å². The third-order valence-corrected chi connectivity index (χ3v) is 1.52. The molecule has 4 nitrogen and oxygen atoms in total. The summed E-state index contributed by atoms with van der Waals surface area (Å²) in [6, 6.07) is 0. The molecule has 0 aromatic carbocycles. The molecule has 0 aromatic rings. The van der Waals surface area contributed by atoms with E-state index in [1.165, 1.54) is 0 Å². The number of esters is 1. The minimum absolute atomic E-state index is 0.294. The minimum Gasteiger partial charge on any atom is -0.526 e. The molecule has 0 aliphatic carbocycles. The number of carbonyl (C=O) groups excluding carboxylic acids is 2. The molecule has 0 N–H and O–H groups in total. The van der Waals surface area contributed by atoms with Crippen LogP contribution in [-0.2, 0) is 18.8 Å². The van der Waals surface area contributed by atoms with Gasteiger partial charge in [-0.15, -0.1) is 0 Å². The summed E-state index contributed by atoms with van der Waals surface area (Å²) >= 11 is 0. The van der Waals surface area contributed by atoms with Crippen LogP contribution in [-0.4, -0.2) is 29.0 Å². The lowest BCUT2D eigenvalue weighted by molar-refractivity contribution is -0.139. The molecule has 0 rings (SSSR count). The summed E-state index contributed by atoms with van der Waals surface area (Å²) in [4.78, 5) is 21.4. The molecular formula is C8H14O4Si. The summed E-state index contributed by atoms with van der Waals surface area (Å²) < 4.78 is 9.21. The van der Waals surface area contributed by atoms with E-state index in [1.54, 1.807) is 0 Å². The molecule has 74 valence electrons. The molecule has 0 aliphatic heterocycles. The van der Waals surface area contributed by atoms with Crippen molar-refractivity contribution in [3.63, 3.8) is 0 Å². The quantitative estimate of drug-likeness (QED) is 0.352. The van der Waals surface area contributed by atoms with E-state index in [0.717, 1.165) is 12.2 Å². The van der Waals surface area contributed by atoms with Crippen molar-refractivity contribution in [3.8, 4) is 0 Å². The van der Waals surface area contributed by atoms with Crippen molar-refractivity contribution in [2.45, 2.75) is 13.8 Å². The van der Waals surface area contributed by atoms with Crippen LogP contribution in [0.25, 0.3) is 0 Å². The van der Waals surface area contributed by atoms with Crippen LogP contribution in [0.4, 0.5) is 0 Å². The van der Waals surface area contributed by atoms with E-state index in [0.29, 0.717) is 23.0 Å². The Balaban J connectivity index is 3.74. The van der Waals surface area contributed by atoms with E-state index in [2.05, 4.69) is 4.43 Å². The molecular weight excluding hydrogens is 188 g/mol. The molecule has 13 heavy (non-hydrogen) atoms. The van der Waals surface area contributed by atoms with E-state index in [9.17, 15) is 9.59 Å². The SMILES string of the molecule is CC(C)COC(=O)/C=C/C(=O)O[SiH3]. The highest BCUT2D eigenvalue weighted by Gasteiger charge is 2.00. The first-order valence-corrected chi connectivity index (χ1v) is 4.80. The van der Waals surface area contributed by atoms with Crippen LogP contribution in [0, 0.1) is 5.92 Å². The number of rotatable bonds is 4. The van der Waals surface area contributed by atoms with Crippen molar-refractivity contribution in [2.24, 2.45) is 5.92 Å². The summed E-state index contributed by atoms with van der Waals surface area (Å²) in [5, 5.41) is 0. The summed E-state index contributed by atoms with van der Waals surface area (Å²) in [5.74, 6) is -0.725. The Morgan fingerprint density at radius 1 is 1.31 bits per heavy atom. The van der Waals surface area contributed by atoms with Crippen LogP contribution in [0.5, 0.6) is 0 Å². The third kappa shape index (κ3) is 7.26. The van der Waals surface area contributed by atoms with Gasteiger partial charge < -0.3 is 9.16 Å². The zero-order valence-corrected chi connectivity index (χ0v) is 10.1. The number of ether oxygens (including phenoxy) is 1. The van der Waals surface area contributed by atoms with Crippen molar-refractivity contribution in [2.75, 3.05) is 6.61 Å². The van der Waals surface area contributed by atoms with Crippen LogP contribution >= 0.6 is 0 Å². The Bertz CT molecular complexity index is 210. The van der Waals surface area contributed by atoms with Gasteiger partial charge in [0.25, 0.3) is 0 Å². The zero-order valence-electron chi connectivity index (χ0n) is 8.07. The summed E-state index contributed by atoms with van der Waals surface area (Å²) in [6.45, 7) is 4.23. The zero-order chi connectivity index (χ0) is 10.3. The molecule has 0 heterocycles. The van der Waals surface area contributed by atoms with Gasteiger partial charge in [0.2, 0.25) is 10.5 Å². The first kappa shape index (κ1) is 11.9. The Morgan fingerprint density at radius 2 is 1.85 bits per heavy atom. The van der Waals surface area contributed by atoms with Gasteiger partial charge in [0, 0.05) is 12.2 Å². The van der Waals surface area contributed by atoms with E-state index in [1.807, 2.05) is 13.8 Å². The fourth-order valence-corrected chi connectivity index (χ4v) is 0.637. The Kier molecular flexibility index (Phi) is 5.87. The Morgan fingerprint density at radius 3 is 2.31 bits per heavy atom. The molecule has 0 spiro atoms. The monoisotopic (exact) mass is 202 g/mol. The normalized spacial score (nSPS) is 10.7. The van der Waals surface area contributed by atoms with Gasteiger partial charge in [0.15, 0.2) is 0 Å². The fourth-order valence-electron chi connectivity index (χ4n) is 0.501. The van der Waals surface area contributed by atoms with Crippen molar-refractivity contribution >= 4 is 22.4 Å². The lowest BCUT2D eigenvalue weighted by atomic mass is 10.2.